The summed E-state index contributed by atoms with van der Waals surface area (Å²) in [5, 5.41) is 0. The molecule has 0 fully saturated rings. The van der Waals surface area contributed by atoms with Crippen LogP contribution in [0.2, 0.25) is 0 Å². The summed E-state index contributed by atoms with van der Waals surface area (Å²) >= 11 is 5.17. The van der Waals surface area contributed by atoms with E-state index in [1.54, 1.807) is 11.8 Å². The van der Waals surface area contributed by atoms with Gasteiger partial charge in [-0.1, -0.05) is 28.1 Å². The molecule has 12 heavy (non-hydrogen) atoms. The molecule has 0 unspecified atom stereocenters. The molecule has 0 amide bonds. The lowest BCUT2D eigenvalue weighted by molar-refractivity contribution is 1.45. The quantitative estimate of drug-likeness (QED) is 0.702. The molecule has 1 aromatic carbocycles. The molecule has 64 valence electrons. The van der Waals surface area contributed by atoms with Crippen LogP contribution in [-0.4, -0.2) is 6.26 Å². The van der Waals surface area contributed by atoms with Gasteiger partial charge >= 0.3 is 0 Å². The second kappa shape index (κ2) is 4.73. The van der Waals surface area contributed by atoms with E-state index in [1.807, 2.05) is 6.92 Å². The summed E-state index contributed by atoms with van der Waals surface area (Å²) in [6.45, 7) is 2.03. The summed E-state index contributed by atoms with van der Waals surface area (Å²) in [6, 6.07) is 8.51. The first kappa shape index (κ1) is 9.87. The lowest BCUT2D eigenvalue weighted by Gasteiger charge is -1.96. The van der Waals surface area contributed by atoms with Gasteiger partial charge in [0.25, 0.3) is 0 Å². The number of halogens is 1. The first-order chi connectivity index (χ1) is 5.72. The molecule has 0 aliphatic heterocycles. The predicted octanol–water partition coefficient (Wildman–Crippen LogP) is 4.16. The van der Waals surface area contributed by atoms with Crippen molar-refractivity contribution in [2.75, 3.05) is 6.26 Å². The Kier molecular flexibility index (Phi) is 3.89. The Labute approximate surface area is 86.2 Å². The van der Waals surface area contributed by atoms with Crippen LogP contribution in [0.3, 0.4) is 0 Å². The molecule has 0 N–H and O–H groups in total. The third kappa shape index (κ3) is 3.03. The zero-order valence-electron chi connectivity index (χ0n) is 7.17. The smallest absolute Gasteiger partial charge is 0.00695 e. The van der Waals surface area contributed by atoms with E-state index in [0.29, 0.717) is 0 Å². The average Bonchev–Trinajstić information content (AvgIpc) is 2.05. The summed E-state index contributed by atoms with van der Waals surface area (Å²) in [6.07, 6.45) is 4.19. The van der Waals surface area contributed by atoms with Gasteiger partial charge in [-0.05, 0) is 41.4 Å². The first-order valence-corrected chi connectivity index (χ1v) is 5.72. The SMILES string of the molecule is CSc1ccc(/C=C(/C)Br)cc1. The highest BCUT2D eigenvalue weighted by atomic mass is 79.9. The topological polar surface area (TPSA) is 0 Å². The summed E-state index contributed by atoms with van der Waals surface area (Å²) in [7, 11) is 0. The Morgan fingerprint density at radius 1 is 1.33 bits per heavy atom. The van der Waals surface area contributed by atoms with Crippen molar-refractivity contribution in [2.45, 2.75) is 11.8 Å². The first-order valence-electron chi connectivity index (χ1n) is 3.70. The van der Waals surface area contributed by atoms with Crippen LogP contribution in [0.4, 0.5) is 0 Å². The van der Waals surface area contributed by atoms with Gasteiger partial charge in [0.15, 0.2) is 0 Å². The molecule has 1 aromatic rings. The molecule has 0 saturated heterocycles. The minimum atomic E-state index is 1.15. The Bertz CT molecular complexity index is 270. The summed E-state index contributed by atoms with van der Waals surface area (Å²) in [5.74, 6) is 0. The number of hydrogen-bond acceptors (Lipinski definition) is 1. The molecule has 0 spiro atoms. The minimum absolute atomic E-state index is 1.15. The van der Waals surface area contributed by atoms with Gasteiger partial charge in [0.2, 0.25) is 0 Å². The van der Waals surface area contributed by atoms with Crippen molar-refractivity contribution in [3.63, 3.8) is 0 Å². The van der Waals surface area contributed by atoms with Crippen molar-refractivity contribution in [1.29, 1.82) is 0 Å². The van der Waals surface area contributed by atoms with Gasteiger partial charge in [0.1, 0.15) is 0 Å². The lowest BCUT2D eigenvalue weighted by atomic mass is 10.2. The molecule has 0 bridgehead atoms. The standard InChI is InChI=1S/C10H11BrS/c1-8(11)7-9-3-5-10(12-2)6-4-9/h3-7H,1-2H3/b8-7-. The van der Waals surface area contributed by atoms with Crippen LogP contribution in [0.25, 0.3) is 6.08 Å². The van der Waals surface area contributed by atoms with Crippen LogP contribution in [0, 0.1) is 0 Å². The number of benzene rings is 1. The fourth-order valence-electron chi connectivity index (χ4n) is 0.930. The van der Waals surface area contributed by atoms with Crippen LogP contribution in [0.5, 0.6) is 0 Å². The Morgan fingerprint density at radius 2 is 1.92 bits per heavy atom. The lowest BCUT2D eigenvalue weighted by Crippen LogP contribution is -1.72. The third-order valence-electron chi connectivity index (χ3n) is 1.48. The van der Waals surface area contributed by atoms with Crippen molar-refractivity contribution in [3.05, 3.63) is 34.3 Å². The van der Waals surface area contributed by atoms with Crippen molar-refractivity contribution in [3.8, 4) is 0 Å². The van der Waals surface area contributed by atoms with E-state index in [4.69, 9.17) is 0 Å². The molecule has 0 atom stereocenters. The maximum Gasteiger partial charge on any atom is 0.00695 e. The van der Waals surface area contributed by atoms with E-state index in [1.165, 1.54) is 10.5 Å². The summed E-state index contributed by atoms with van der Waals surface area (Å²) in [5.41, 5.74) is 1.24. The molecule has 0 saturated carbocycles. The van der Waals surface area contributed by atoms with E-state index in [2.05, 4.69) is 52.5 Å². The second-order valence-corrected chi connectivity index (χ2v) is 4.63. The largest absolute Gasteiger partial charge is 0.130 e. The molecular formula is C10H11BrS. The number of rotatable bonds is 2. The second-order valence-electron chi connectivity index (χ2n) is 2.50. The number of allylic oxidation sites excluding steroid dienone is 1. The van der Waals surface area contributed by atoms with Crippen LogP contribution in [0.15, 0.2) is 33.6 Å². The zero-order valence-corrected chi connectivity index (χ0v) is 9.58. The van der Waals surface area contributed by atoms with Crippen LogP contribution in [0.1, 0.15) is 12.5 Å². The maximum atomic E-state index is 3.40. The van der Waals surface area contributed by atoms with Crippen LogP contribution < -0.4 is 0 Å². The Hall–Kier alpha value is -0.210. The van der Waals surface area contributed by atoms with Crippen LogP contribution in [-0.2, 0) is 0 Å². The highest BCUT2D eigenvalue weighted by Gasteiger charge is 1.89. The fraction of sp³-hybridized carbons (Fsp3) is 0.200. The summed E-state index contributed by atoms with van der Waals surface area (Å²) in [4.78, 5) is 1.30. The van der Waals surface area contributed by atoms with E-state index >= 15 is 0 Å². The van der Waals surface area contributed by atoms with E-state index in [9.17, 15) is 0 Å². The highest BCUT2D eigenvalue weighted by Crippen LogP contribution is 2.17. The van der Waals surface area contributed by atoms with Gasteiger partial charge < -0.3 is 0 Å². The molecule has 0 radical (unpaired) electrons. The average molecular weight is 243 g/mol. The number of thioether (sulfide) groups is 1. The molecule has 0 aromatic heterocycles. The molecular weight excluding hydrogens is 232 g/mol. The fourth-order valence-corrected chi connectivity index (χ4v) is 1.60. The zero-order chi connectivity index (χ0) is 8.97. The molecule has 2 heteroatoms. The van der Waals surface area contributed by atoms with Gasteiger partial charge in [-0.15, -0.1) is 11.8 Å². The van der Waals surface area contributed by atoms with Gasteiger partial charge in [-0.25, -0.2) is 0 Å². The van der Waals surface area contributed by atoms with Crippen LogP contribution >= 0.6 is 27.7 Å². The van der Waals surface area contributed by atoms with Crippen molar-refractivity contribution >= 4 is 33.8 Å². The van der Waals surface area contributed by atoms with Gasteiger partial charge in [-0.3, -0.25) is 0 Å². The third-order valence-corrected chi connectivity index (χ3v) is 2.45. The van der Waals surface area contributed by atoms with Gasteiger partial charge in [-0.2, -0.15) is 0 Å². The predicted molar refractivity (Wildman–Crippen MR) is 60.8 cm³/mol. The number of hydrogen-bond donors (Lipinski definition) is 0. The maximum absolute atomic E-state index is 3.40. The normalized spacial score (nSPS) is 11.8. The van der Waals surface area contributed by atoms with Crippen molar-refractivity contribution in [2.24, 2.45) is 0 Å². The summed E-state index contributed by atoms with van der Waals surface area (Å²) < 4.78 is 1.15. The van der Waals surface area contributed by atoms with E-state index < -0.39 is 0 Å². The van der Waals surface area contributed by atoms with Crippen molar-refractivity contribution < 1.29 is 0 Å². The molecule has 0 heterocycles. The molecule has 1 rings (SSSR count). The van der Waals surface area contributed by atoms with Gasteiger partial charge in [0.05, 0.1) is 0 Å². The molecule has 0 aliphatic carbocycles. The Balaban J connectivity index is 2.85. The van der Waals surface area contributed by atoms with E-state index in [0.717, 1.165) is 4.48 Å². The van der Waals surface area contributed by atoms with E-state index in [-0.39, 0.29) is 0 Å². The molecule has 0 nitrogen and oxygen atoms in total. The highest BCUT2D eigenvalue weighted by molar-refractivity contribution is 9.11. The van der Waals surface area contributed by atoms with Crippen molar-refractivity contribution in [1.82, 2.24) is 0 Å². The molecule has 0 aliphatic rings. The Morgan fingerprint density at radius 3 is 2.33 bits per heavy atom. The van der Waals surface area contributed by atoms with Gasteiger partial charge in [0, 0.05) is 4.90 Å². The minimum Gasteiger partial charge on any atom is -0.130 e. The monoisotopic (exact) mass is 242 g/mol.